The molecule has 0 bridgehead atoms. The number of esters is 1. The van der Waals surface area contributed by atoms with Crippen molar-refractivity contribution in [2.24, 2.45) is 4.99 Å². The molecular formula is C24H18BrNO6. The number of ketones is 1. The van der Waals surface area contributed by atoms with Crippen molar-refractivity contribution < 1.29 is 28.2 Å². The molecule has 7 nitrogen and oxygen atoms in total. The van der Waals surface area contributed by atoms with Crippen LogP contribution in [0.5, 0.6) is 11.5 Å². The Bertz CT molecular complexity index is 1200. The second-order valence-electron chi connectivity index (χ2n) is 6.65. The molecule has 0 amide bonds. The Morgan fingerprint density at radius 1 is 1.12 bits per heavy atom. The molecule has 2 heterocycles. The lowest BCUT2D eigenvalue weighted by Crippen LogP contribution is -2.12. The van der Waals surface area contributed by atoms with Crippen LogP contribution in [0.2, 0.25) is 0 Å². The van der Waals surface area contributed by atoms with Crippen molar-refractivity contribution in [3.05, 3.63) is 87.9 Å². The Hall–Kier alpha value is -3.65. The normalized spacial score (nSPS) is 14.2. The summed E-state index contributed by atoms with van der Waals surface area (Å²) >= 11 is 3.47. The minimum atomic E-state index is -0.584. The second kappa shape index (κ2) is 9.65. The summed E-state index contributed by atoms with van der Waals surface area (Å²) in [5, 5.41) is 0. The molecule has 32 heavy (non-hydrogen) atoms. The van der Waals surface area contributed by atoms with Crippen molar-refractivity contribution in [3.8, 4) is 11.5 Å². The highest BCUT2D eigenvalue weighted by Crippen LogP contribution is 2.38. The Kier molecular flexibility index (Phi) is 6.51. The summed E-state index contributed by atoms with van der Waals surface area (Å²) in [6, 6.07) is 15.7. The van der Waals surface area contributed by atoms with E-state index in [2.05, 4.69) is 20.9 Å². The molecule has 0 N–H and O–H groups in total. The molecule has 1 aliphatic rings. The summed E-state index contributed by atoms with van der Waals surface area (Å²) in [5.74, 6) is 0.557. The number of benzene rings is 2. The van der Waals surface area contributed by atoms with E-state index in [1.807, 2.05) is 13.0 Å². The van der Waals surface area contributed by atoms with Gasteiger partial charge in [-0.3, -0.25) is 4.79 Å². The number of rotatable bonds is 8. The summed E-state index contributed by atoms with van der Waals surface area (Å²) in [6.45, 7) is 2.08. The van der Waals surface area contributed by atoms with Crippen LogP contribution in [0.25, 0.3) is 6.08 Å². The van der Waals surface area contributed by atoms with Crippen LogP contribution >= 0.6 is 15.9 Å². The number of carbonyl (C=O) groups excluding carboxylic acids is 2. The third kappa shape index (κ3) is 4.81. The number of aliphatic imine (C=N–C) groups is 1. The average Bonchev–Trinajstić information content (AvgIpc) is 3.44. The minimum Gasteiger partial charge on any atom is -0.490 e. The summed E-state index contributed by atoms with van der Waals surface area (Å²) < 4.78 is 22.4. The predicted octanol–water partition coefficient (Wildman–Crippen LogP) is 5.05. The van der Waals surface area contributed by atoms with E-state index in [1.54, 1.807) is 54.6 Å². The maximum atomic E-state index is 12.4. The zero-order valence-corrected chi connectivity index (χ0v) is 18.6. The minimum absolute atomic E-state index is 0.106. The predicted molar refractivity (Wildman–Crippen MR) is 121 cm³/mol. The SMILES string of the molecule is CCOc1cc(/C=C2\N=C(c3ccco3)OC2=O)cc(Br)c1OCC(=O)c1ccccc1. The van der Waals surface area contributed by atoms with Gasteiger partial charge < -0.3 is 18.6 Å². The van der Waals surface area contributed by atoms with Gasteiger partial charge in [0.25, 0.3) is 5.90 Å². The molecule has 0 saturated carbocycles. The van der Waals surface area contributed by atoms with Crippen LogP contribution in [0.4, 0.5) is 0 Å². The van der Waals surface area contributed by atoms with Crippen molar-refractivity contribution in [1.82, 2.24) is 0 Å². The van der Waals surface area contributed by atoms with Crippen LogP contribution in [0, 0.1) is 0 Å². The standard InChI is InChI=1S/C24H18BrNO6/c1-2-29-21-13-15(12-18-24(28)32-23(26-18)20-9-6-10-30-20)11-17(25)22(21)31-14-19(27)16-7-4-3-5-8-16/h3-13H,2,14H2,1H3/b18-12-. The van der Waals surface area contributed by atoms with Gasteiger partial charge in [-0.15, -0.1) is 0 Å². The summed E-state index contributed by atoms with van der Waals surface area (Å²) in [5.41, 5.74) is 1.32. The molecule has 0 radical (unpaired) electrons. The zero-order valence-electron chi connectivity index (χ0n) is 17.0. The number of furan rings is 1. The first kappa shape index (κ1) is 21.6. The summed E-state index contributed by atoms with van der Waals surface area (Å²) in [6.07, 6.45) is 3.05. The van der Waals surface area contributed by atoms with Crippen molar-refractivity contribution >= 4 is 39.7 Å². The maximum Gasteiger partial charge on any atom is 0.363 e. The fourth-order valence-corrected chi connectivity index (χ4v) is 3.57. The van der Waals surface area contributed by atoms with Crippen molar-refractivity contribution in [2.45, 2.75) is 6.92 Å². The van der Waals surface area contributed by atoms with Crippen LogP contribution in [-0.2, 0) is 9.53 Å². The highest BCUT2D eigenvalue weighted by molar-refractivity contribution is 9.10. The van der Waals surface area contributed by atoms with Gasteiger partial charge in [-0.1, -0.05) is 30.3 Å². The number of cyclic esters (lactones) is 1. The smallest absolute Gasteiger partial charge is 0.363 e. The summed E-state index contributed by atoms with van der Waals surface area (Å²) in [4.78, 5) is 28.8. The molecule has 0 spiro atoms. The van der Waals surface area contributed by atoms with E-state index in [0.29, 0.717) is 39.5 Å². The fourth-order valence-electron chi connectivity index (χ4n) is 2.99. The molecule has 2 aromatic carbocycles. The van der Waals surface area contributed by atoms with Crippen LogP contribution in [-0.4, -0.2) is 30.9 Å². The van der Waals surface area contributed by atoms with E-state index in [4.69, 9.17) is 18.6 Å². The Balaban J connectivity index is 1.58. The van der Waals surface area contributed by atoms with Crippen molar-refractivity contribution in [1.29, 1.82) is 0 Å². The largest absolute Gasteiger partial charge is 0.490 e. The number of hydrogen-bond donors (Lipinski definition) is 0. The number of hydrogen-bond acceptors (Lipinski definition) is 7. The zero-order chi connectivity index (χ0) is 22.5. The monoisotopic (exact) mass is 495 g/mol. The van der Waals surface area contributed by atoms with Crippen molar-refractivity contribution in [3.63, 3.8) is 0 Å². The van der Waals surface area contributed by atoms with Gasteiger partial charge in [0.2, 0.25) is 0 Å². The molecule has 1 aromatic heterocycles. The molecule has 1 aliphatic heterocycles. The van der Waals surface area contributed by atoms with E-state index < -0.39 is 5.97 Å². The van der Waals surface area contributed by atoms with Gasteiger partial charge in [0, 0.05) is 5.56 Å². The summed E-state index contributed by atoms with van der Waals surface area (Å²) in [7, 11) is 0. The molecule has 0 atom stereocenters. The molecular weight excluding hydrogens is 478 g/mol. The lowest BCUT2D eigenvalue weighted by atomic mass is 10.1. The van der Waals surface area contributed by atoms with E-state index in [1.165, 1.54) is 6.26 Å². The topological polar surface area (TPSA) is 87.3 Å². The number of ether oxygens (including phenoxy) is 3. The lowest BCUT2D eigenvalue weighted by molar-refractivity contribution is -0.130. The van der Waals surface area contributed by atoms with Gasteiger partial charge in [0.05, 0.1) is 17.3 Å². The molecule has 0 unspecified atom stereocenters. The van der Waals surface area contributed by atoms with Gasteiger partial charge >= 0.3 is 5.97 Å². The highest BCUT2D eigenvalue weighted by Gasteiger charge is 2.26. The highest BCUT2D eigenvalue weighted by atomic mass is 79.9. The number of carbonyl (C=O) groups is 2. The van der Waals surface area contributed by atoms with Crippen LogP contribution in [0.3, 0.4) is 0 Å². The van der Waals surface area contributed by atoms with Gasteiger partial charge in [0.15, 0.2) is 35.3 Å². The van der Waals surface area contributed by atoms with E-state index in [9.17, 15) is 9.59 Å². The maximum absolute atomic E-state index is 12.4. The van der Waals surface area contributed by atoms with Gasteiger partial charge in [0.1, 0.15) is 0 Å². The Labute approximate surface area is 192 Å². The fraction of sp³-hybridized carbons (Fsp3) is 0.125. The quantitative estimate of drug-likeness (QED) is 0.247. The van der Waals surface area contributed by atoms with E-state index >= 15 is 0 Å². The molecule has 8 heteroatoms. The van der Waals surface area contributed by atoms with Gasteiger partial charge in [-0.25, -0.2) is 9.79 Å². The van der Waals surface area contributed by atoms with Crippen molar-refractivity contribution in [2.75, 3.05) is 13.2 Å². The molecule has 4 rings (SSSR count). The molecule has 0 aliphatic carbocycles. The Morgan fingerprint density at radius 3 is 2.66 bits per heavy atom. The van der Waals surface area contributed by atoms with E-state index in [-0.39, 0.29) is 24.0 Å². The first-order chi connectivity index (χ1) is 15.5. The third-order valence-corrected chi connectivity index (χ3v) is 5.02. The molecule has 0 saturated heterocycles. The third-order valence-electron chi connectivity index (χ3n) is 4.43. The first-order valence-corrected chi connectivity index (χ1v) is 10.6. The van der Waals surface area contributed by atoms with Crippen LogP contribution in [0.15, 0.2) is 80.4 Å². The number of halogens is 1. The lowest BCUT2D eigenvalue weighted by Gasteiger charge is -2.14. The molecule has 3 aromatic rings. The van der Waals surface area contributed by atoms with Crippen LogP contribution < -0.4 is 9.47 Å². The second-order valence-corrected chi connectivity index (χ2v) is 7.51. The van der Waals surface area contributed by atoms with Crippen LogP contribution in [0.1, 0.15) is 28.6 Å². The molecule has 0 fully saturated rings. The average molecular weight is 496 g/mol. The van der Waals surface area contributed by atoms with Gasteiger partial charge in [-0.2, -0.15) is 0 Å². The van der Waals surface area contributed by atoms with E-state index in [0.717, 1.165) is 0 Å². The molecule has 162 valence electrons. The van der Waals surface area contributed by atoms with Gasteiger partial charge in [-0.05, 0) is 58.8 Å². The Morgan fingerprint density at radius 2 is 1.94 bits per heavy atom. The number of Topliss-reactive ketones (excluding diaryl/α,β-unsaturated/α-hetero) is 1. The number of nitrogens with zero attached hydrogens (tertiary/aromatic N) is 1. The first-order valence-electron chi connectivity index (χ1n) is 9.79.